The van der Waals surface area contributed by atoms with Crippen LogP contribution in [-0.4, -0.2) is 321 Å². The number of carboxylic acid groups (broad SMARTS) is 1. The Morgan fingerprint density at radius 3 is 0.935 bits per heavy atom. The van der Waals surface area contributed by atoms with Gasteiger partial charge in [0, 0.05) is 80.4 Å². The average Bonchev–Trinajstić information content (AvgIpc) is 0.965. The van der Waals surface area contributed by atoms with Crippen LogP contribution < -0.4 is 24.3 Å². The number of ether oxygens (including phenoxy) is 8. The Kier molecular flexibility index (Phi) is 45.8. The Balaban J connectivity index is 0.000000509. The fraction of sp³-hybridized carbons (Fsp3) is 0.400. The van der Waals surface area contributed by atoms with E-state index in [1.54, 1.807) is 130 Å². The molecular weight excluding hydrogens is 1420 g/mol. The van der Waals surface area contributed by atoms with E-state index in [2.05, 4.69) is 5.32 Å². The number of aliphatic hydroxyl groups is 16. The summed E-state index contributed by atoms with van der Waals surface area (Å²) in [6, 6.07) is 35.3. The number of phenolic OH excluding ortho intramolecular Hbond substituents is 2. The molecule has 0 fully saturated rings. The third kappa shape index (κ3) is 33.2. The number of methoxy groups -OCH3 is 4. The number of benzene rings is 6. The van der Waals surface area contributed by atoms with Crippen molar-refractivity contribution >= 4 is 54.2 Å². The maximum absolute atomic E-state index is 12.7. The van der Waals surface area contributed by atoms with Gasteiger partial charge in [-0.15, -0.1) is 0 Å². The molecule has 6 rings (SSSR count). The van der Waals surface area contributed by atoms with Crippen LogP contribution in [0.25, 0.3) is 36.5 Å². The Morgan fingerprint density at radius 1 is 0.370 bits per heavy atom. The fourth-order valence-corrected chi connectivity index (χ4v) is 9.05. The zero-order valence-electron chi connectivity index (χ0n) is 61.0. The number of nitrogens with zero attached hydrogens (tertiary/aromatic N) is 2. The predicted molar refractivity (Wildman–Crippen MR) is 395 cm³/mol. The van der Waals surface area contributed by atoms with E-state index < -0.39 is 111 Å². The van der Waals surface area contributed by atoms with E-state index in [-0.39, 0.29) is 63.9 Å². The molecule has 2 amide bonds. The first-order valence-electron chi connectivity index (χ1n) is 33.0. The molecule has 0 saturated carbocycles. The quantitative estimate of drug-likeness (QED) is 0.0136. The van der Waals surface area contributed by atoms with Gasteiger partial charge in [-0.05, 0) is 113 Å². The van der Waals surface area contributed by atoms with Crippen LogP contribution in [0.15, 0.2) is 127 Å². The number of carboxylic acids is 1. The molecule has 0 aliphatic heterocycles. The van der Waals surface area contributed by atoms with Crippen LogP contribution in [0.1, 0.15) is 64.5 Å². The molecule has 0 aromatic heterocycles. The summed E-state index contributed by atoms with van der Waals surface area (Å²) in [6.07, 6.45) is -7.95. The monoisotopic (exact) mass is 1530 g/mol. The minimum atomic E-state index is -1.76. The molecule has 12 atom stereocenters. The van der Waals surface area contributed by atoms with Crippen molar-refractivity contribution in [1.29, 1.82) is 0 Å². The number of hydrogen-bond acceptors (Lipinski definition) is 30. The largest absolute Gasteiger partial charge is 0.504 e. The van der Waals surface area contributed by atoms with Gasteiger partial charge < -0.3 is 150 Å². The van der Waals surface area contributed by atoms with Gasteiger partial charge in [-0.1, -0.05) is 91.1 Å². The van der Waals surface area contributed by atoms with Gasteiger partial charge in [-0.2, -0.15) is 0 Å². The van der Waals surface area contributed by atoms with Gasteiger partial charge >= 0.3 is 5.97 Å². The maximum atomic E-state index is 12.7. The number of nitrogens with one attached hydrogen (secondary N) is 1. The van der Waals surface area contributed by atoms with Gasteiger partial charge in [-0.25, -0.2) is 4.79 Å². The summed E-state index contributed by atoms with van der Waals surface area (Å²) in [4.78, 5) is 38.4. The first-order valence-corrected chi connectivity index (χ1v) is 33.0. The van der Waals surface area contributed by atoms with Gasteiger partial charge in [-0.3, -0.25) is 9.59 Å². The molecule has 0 bridgehead atoms. The van der Waals surface area contributed by atoms with Gasteiger partial charge in [0.2, 0.25) is 0 Å². The highest BCUT2D eigenvalue weighted by Crippen LogP contribution is 2.32. The number of phenols is 2. The maximum Gasteiger partial charge on any atom is 0.335 e. The molecule has 6 aromatic rings. The van der Waals surface area contributed by atoms with E-state index in [1.165, 1.54) is 45.3 Å². The first kappa shape index (κ1) is 95.0. The van der Waals surface area contributed by atoms with Crippen molar-refractivity contribution in [2.45, 2.75) is 73.2 Å². The van der Waals surface area contributed by atoms with Crippen molar-refractivity contribution in [2.75, 3.05) is 123 Å². The van der Waals surface area contributed by atoms with E-state index in [9.17, 15) is 70.6 Å². The molecule has 33 heteroatoms. The molecule has 0 heterocycles. The van der Waals surface area contributed by atoms with Gasteiger partial charge in [0.15, 0.2) is 61.7 Å². The smallest absolute Gasteiger partial charge is 0.335 e. The molecule has 598 valence electrons. The first-order chi connectivity index (χ1) is 51.5. The van der Waals surface area contributed by atoms with Crippen LogP contribution in [0, 0.1) is 0 Å². The molecule has 0 saturated heterocycles. The van der Waals surface area contributed by atoms with Crippen LogP contribution in [0.4, 0.5) is 0 Å². The van der Waals surface area contributed by atoms with E-state index in [0.29, 0.717) is 39.7 Å². The number of aromatic hydroxyl groups is 2. The summed E-state index contributed by atoms with van der Waals surface area (Å²) in [5.74, 6) is -0.104. The summed E-state index contributed by atoms with van der Waals surface area (Å²) in [7, 11) is 11.6. The number of rotatable bonds is 39. The van der Waals surface area contributed by atoms with Crippen molar-refractivity contribution < 1.29 is 149 Å². The van der Waals surface area contributed by atoms with Crippen LogP contribution in [-0.2, 0) is 18.9 Å². The lowest BCUT2D eigenvalue weighted by atomic mass is 10.0. The van der Waals surface area contributed by atoms with Gasteiger partial charge in [0.05, 0.1) is 31.5 Å². The highest BCUT2D eigenvalue weighted by molar-refractivity contribution is 5.95. The van der Waals surface area contributed by atoms with Gasteiger partial charge in [0.1, 0.15) is 67.1 Å². The van der Waals surface area contributed by atoms with Crippen molar-refractivity contribution in [3.63, 3.8) is 0 Å². The minimum absolute atomic E-state index is 0.0572. The van der Waals surface area contributed by atoms with Crippen molar-refractivity contribution in [1.82, 2.24) is 15.1 Å². The number of amides is 2. The summed E-state index contributed by atoms with van der Waals surface area (Å²) in [5, 5.41) is 178. The highest BCUT2D eigenvalue weighted by atomic mass is 16.7. The standard InChI is InChI=1S/C26H35NO10.C22H27NO8.C19H20O6.C7H17NO5.CH4O/c1-27(13-20(29)24(31)25(32)21(30)14-28)26(33)19-9-6-17(7-10-19)4-5-18-8-11-22(36-15-34-2)23(12-18)37-16-35-3;1-23(11-18(27)20(29)21(30)19(28)12-24)22(31)15-7-4-13(5-8-15)2-3-14-6-9-16(25)17(26)10-14;1-22-12-24-17-10-7-15(11-18(17)25-13-23-2)4-3-14-5-8-16(9-6-14)19(20)21;1-8-2-4(10)6(12)7(13)5(11)3-9;1-2/h4-12,20-21,24-25,28-32H,13-16H2,1-3H3;2-10,18-21,24-30H,11-12H2,1H3;3-11H,12-13H2,1-2H3,(H,20,21);4-13H,2-3H2,1H3;2H,1H3. The lowest BCUT2D eigenvalue weighted by molar-refractivity contribution is -0.117. The average molecular weight is 1530 g/mol. The van der Waals surface area contributed by atoms with Crippen LogP contribution in [0.3, 0.4) is 0 Å². The van der Waals surface area contributed by atoms with E-state index >= 15 is 0 Å². The number of aromatic carboxylic acids is 1. The summed E-state index contributed by atoms with van der Waals surface area (Å²) >= 11 is 0. The van der Waals surface area contributed by atoms with Gasteiger partial charge in [0.25, 0.3) is 11.8 Å². The van der Waals surface area contributed by atoms with E-state index in [4.69, 9.17) is 78.7 Å². The highest BCUT2D eigenvalue weighted by Gasteiger charge is 2.33. The second kappa shape index (κ2) is 52.1. The molecule has 33 nitrogen and oxygen atoms in total. The molecule has 0 radical (unpaired) electrons. The van der Waals surface area contributed by atoms with Crippen molar-refractivity contribution in [3.8, 4) is 34.5 Å². The summed E-state index contributed by atoms with van der Waals surface area (Å²) in [5.41, 5.74) is 5.87. The zero-order chi connectivity index (χ0) is 81.0. The number of likely N-dealkylation sites (N-methyl/N-ethyl adjacent to an activating group) is 3. The Bertz CT molecular complexity index is 3610. The SMILES string of the molecule is CN(CC(O)C(O)C(O)C(O)CO)C(=O)c1ccc(C=Cc2ccc(O)c(O)c2)cc1.CNCC(O)C(O)C(O)C(O)CO.CO.COCOc1ccc(C=Cc2ccc(C(=O)N(C)CC(O)C(O)C(O)C(O)CO)cc2)cc1OCOC.COCOc1ccc(C=Cc2ccc(C(=O)O)cc2)cc1OCOC. The van der Waals surface area contributed by atoms with E-state index in [0.717, 1.165) is 39.8 Å². The molecule has 12 unspecified atom stereocenters. The topological polar surface area (TPSA) is 528 Å². The third-order valence-electron chi connectivity index (χ3n) is 15.1. The number of hydrogen-bond donors (Lipinski definition) is 20. The lowest BCUT2D eigenvalue weighted by Gasteiger charge is -2.28. The normalized spacial score (nSPS) is 14.5. The van der Waals surface area contributed by atoms with Crippen molar-refractivity contribution in [3.05, 3.63) is 177 Å². The number of carbonyl (C=O) groups excluding carboxylic acids is 2. The third-order valence-corrected chi connectivity index (χ3v) is 15.1. The number of carbonyl (C=O) groups is 3. The Labute approximate surface area is 624 Å². The number of aliphatic hydroxyl groups excluding tert-OH is 16. The molecule has 108 heavy (non-hydrogen) atoms. The summed E-state index contributed by atoms with van der Waals surface area (Å²) < 4.78 is 41.8. The molecule has 6 aromatic carbocycles. The van der Waals surface area contributed by atoms with Crippen LogP contribution in [0.5, 0.6) is 34.5 Å². The molecule has 0 aliphatic carbocycles. The van der Waals surface area contributed by atoms with Crippen LogP contribution in [0.2, 0.25) is 0 Å². The minimum Gasteiger partial charge on any atom is -0.504 e. The molecule has 20 N–H and O–H groups in total. The Hall–Kier alpha value is -9.09. The zero-order valence-corrected chi connectivity index (χ0v) is 61.0. The van der Waals surface area contributed by atoms with E-state index in [1.807, 2.05) is 42.5 Å². The second-order valence-electron chi connectivity index (χ2n) is 23.4. The predicted octanol–water partition coefficient (Wildman–Crippen LogP) is -0.123. The fourth-order valence-electron chi connectivity index (χ4n) is 9.05. The van der Waals surface area contributed by atoms with Crippen molar-refractivity contribution in [2.24, 2.45) is 0 Å². The van der Waals surface area contributed by atoms with Crippen LogP contribution >= 0.6 is 0 Å². The Morgan fingerprint density at radius 2 is 0.639 bits per heavy atom. The molecular formula is C75H103N3O30. The molecule has 0 spiro atoms. The second-order valence-corrected chi connectivity index (χ2v) is 23.4. The lowest BCUT2D eigenvalue weighted by Crippen LogP contribution is -2.49. The summed E-state index contributed by atoms with van der Waals surface area (Å²) in [6.45, 7) is -2.38. The molecule has 0 aliphatic rings.